The summed E-state index contributed by atoms with van der Waals surface area (Å²) < 4.78 is 16.9. The fourth-order valence-electron chi connectivity index (χ4n) is 5.04. The predicted octanol–water partition coefficient (Wildman–Crippen LogP) is 7.70. The van der Waals surface area contributed by atoms with Crippen LogP contribution in [0.2, 0.25) is 0 Å². The van der Waals surface area contributed by atoms with Crippen LogP contribution in [-0.4, -0.2) is 37.7 Å². The van der Waals surface area contributed by atoms with Crippen molar-refractivity contribution in [3.63, 3.8) is 0 Å². The third kappa shape index (κ3) is 11.6. The van der Waals surface area contributed by atoms with Gasteiger partial charge in [0.05, 0.1) is 25.7 Å². The minimum Gasteiger partial charge on any atom is -0.465 e. The van der Waals surface area contributed by atoms with Crippen LogP contribution in [0.3, 0.4) is 0 Å². The van der Waals surface area contributed by atoms with Crippen LogP contribution >= 0.6 is 0 Å². The molecule has 1 unspecified atom stereocenters. The standard InChI is InChI=1S/C30H54O6/c1-4-7-10-13-18-23-34-27(31)26-21-16-17-22-30(26,28(32)35-24-19-14-11-8-5-2)29(33)36-25-20-15-12-9-6-3/h26H,4-25H2,1-3H3. The van der Waals surface area contributed by atoms with Crippen molar-refractivity contribution in [2.24, 2.45) is 11.3 Å². The van der Waals surface area contributed by atoms with Gasteiger partial charge in [-0.2, -0.15) is 0 Å². The highest BCUT2D eigenvalue weighted by Crippen LogP contribution is 2.44. The van der Waals surface area contributed by atoms with Crippen molar-refractivity contribution in [2.75, 3.05) is 19.8 Å². The Balaban J connectivity index is 2.83. The van der Waals surface area contributed by atoms with E-state index in [1.807, 2.05) is 0 Å². The summed E-state index contributed by atoms with van der Waals surface area (Å²) in [5, 5.41) is 0. The SMILES string of the molecule is CCCCCCCOC(=O)C1CCCCC1(C(=O)OCCCCCCC)C(=O)OCCCCCCC. The van der Waals surface area contributed by atoms with Crippen LogP contribution in [0.5, 0.6) is 0 Å². The third-order valence-electron chi connectivity index (χ3n) is 7.38. The first kappa shape index (κ1) is 32.4. The molecule has 1 aliphatic rings. The Bertz CT molecular complexity index is 574. The molecular weight excluding hydrogens is 456 g/mol. The zero-order valence-corrected chi connectivity index (χ0v) is 23.6. The molecule has 0 spiro atoms. The average Bonchev–Trinajstić information content (AvgIpc) is 2.89. The zero-order valence-electron chi connectivity index (χ0n) is 23.6. The molecule has 210 valence electrons. The number of carbonyl (C=O) groups excluding carboxylic acids is 3. The first-order valence-electron chi connectivity index (χ1n) is 15.1. The van der Waals surface area contributed by atoms with Gasteiger partial charge in [0.1, 0.15) is 0 Å². The molecule has 0 aromatic rings. The highest BCUT2D eigenvalue weighted by atomic mass is 16.6. The van der Waals surface area contributed by atoms with E-state index >= 15 is 0 Å². The van der Waals surface area contributed by atoms with E-state index in [1.165, 1.54) is 6.42 Å². The number of hydrogen-bond donors (Lipinski definition) is 0. The third-order valence-corrected chi connectivity index (χ3v) is 7.38. The molecule has 0 saturated heterocycles. The van der Waals surface area contributed by atoms with Crippen molar-refractivity contribution in [1.82, 2.24) is 0 Å². The van der Waals surface area contributed by atoms with E-state index in [-0.39, 0.29) is 19.6 Å². The van der Waals surface area contributed by atoms with Gasteiger partial charge in [0.25, 0.3) is 0 Å². The minimum atomic E-state index is -1.58. The number of rotatable bonds is 21. The maximum Gasteiger partial charge on any atom is 0.324 e. The molecule has 0 N–H and O–H groups in total. The van der Waals surface area contributed by atoms with Crippen molar-refractivity contribution in [1.29, 1.82) is 0 Å². The Kier molecular flexibility index (Phi) is 18.4. The summed E-state index contributed by atoms with van der Waals surface area (Å²) in [6.45, 7) is 7.35. The van der Waals surface area contributed by atoms with E-state index in [0.717, 1.165) is 96.3 Å². The molecule has 1 aliphatic carbocycles. The van der Waals surface area contributed by atoms with E-state index in [9.17, 15) is 14.4 Å². The van der Waals surface area contributed by atoms with Crippen molar-refractivity contribution in [3.05, 3.63) is 0 Å². The largest absolute Gasteiger partial charge is 0.465 e. The Morgan fingerprint density at radius 3 is 1.44 bits per heavy atom. The first-order valence-corrected chi connectivity index (χ1v) is 15.1. The Hall–Kier alpha value is -1.59. The predicted molar refractivity (Wildman–Crippen MR) is 144 cm³/mol. The highest BCUT2D eigenvalue weighted by molar-refractivity contribution is 6.04. The smallest absolute Gasteiger partial charge is 0.324 e. The number of ether oxygens (including phenoxy) is 3. The van der Waals surface area contributed by atoms with Gasteiger partial charge in [-0.25, -0.2) is 0 Å². The second-order valence-corrected chi connectivity index (χ2v) is 10.5. The molecule has 0 amide bonds. The molecule has 1 fully saturated rings. The molecule has 36 heavy (non-hydrogen) atoms. The maximum atomic E-state index is 13.5. The average molecular weight is 511 g/mol. The Morgan fingerprint density at radius 2 is 1.00 bits per heavy atom. The first-order chi connectivity index (χ1) is 17.5. The molecule has 6 nitrogen and oxygen atoms in total. The fourth-order valence-corrected chi connectivity index (χ4v) is 5.04. The number of carbonyl (C=O) groups is 3. The van der Waals surface area contributed by atoms with Gasteiger partial charge in [-0.1, -0.05) is 111 Å². The van der Waals surface area contributed by atoms with Crippen LogP contribution < -0.4 is 0 Å². The maximum absolute atomic E-state index is 13.5. The van der Waals surface area contributed by atoms with Crippen molar-refractivity contribution in [2.45, 2.75) is 143 Å². The van der Waals surface area contributed by atoms with Crippen LogP contribution in [-0.2, 0) is 28.6 Å². The Morgan fingerprint density at radius 1 is 0.583 bits per heavy atom. The molecule has 0 aromatic carbocycles. The Labute approximate surface area is 220 Å². The van der Waals surface area contributed by atoms with Crippen LogP contribution in [0.1, 0.15) is 143 Å². The van der Waals surface area contributed by atoms with Gasteiger partial charge in [-0.15, -0.1) is 0 Å². The quantitative estimate of drug-likeness (QED) is 0.0681. The highest BCUT2D eigenvalue weighted by Gasteiger charge is 2.59. The lowest BCUT2D eigenvalue weighted by Crippen LogP contribution is -2.52. The molecule has 0 radical (unpaired) electrons. The molecule has 0 aliphatic heterocycles. The van der Waals surface area contributed by atoms with Crippen molar-refractivity contribution in [3.8, 4) is 0 Å². The zero-order chi connectivity index (χ0) is 26.5. The lowest BCUT2D eigenvalue weighted by Gasteiger charge is -2.38. The topological polar surface area (TPSA) is 78.9 Å². The normalized spacial score (nSPS) is 16.9. The second-order valence-electron chi connectivity index (χ2n) is 10.5. The van der Waals surface area contributed by atoms with Crippen LogP contribution in [0.15, 0.2) is 0 Å². The van der Waals surface area contributed by atoms with E-state index in [4.69, 9.17) is 14.2 Å². The summed E-state index contributed by atoms with van der Waals surface area (Å²) in [5.74, 6) is -2.48. The number of unbranched alkanes of at least 4 members (excludes halogenated alkanes) is 12. The van der Waals surface area contributed by atoms with Crippen LogP contribution in [0.4, 0.5) is 0 Å². The molecule has 0 aromatic heterocycles. The van der Waals surface area contributed by atoms with E-state index in [1.54, 1.807) is 0 Å². The van der Waals surface area contributed by atoms with Gasteiger partial charge in [0.15, 0.2) is 5.41 Å². The van der Waals surface area contributed by atoms with E-state index in [2.05, 4.69) is 20.8 Å². The molecular formula is C30H54O6. The summed E-state index contributed by atoms with van der Waals surface area (Å²) in [7, 11) is 0. The lowest BCUT2D eigenvalue weighted by atomic mass is 9.66. The summed E-state index contributed by atoms with van der Waals surface area (Å²) in [6.07, 6.45) is 17.8. The fraction of sp³-hybridized carbons (Fsp3) is 0.900. The molecule has 0 heterocycles. The summed E-state index contributed by atoms with van der Waals surface area (Å²) in [5.41, 5.74) is -1.58. The minimum absolute atomic E-state index is 0.272. The van der Waals surface area contributed by atoms with Gasteiger partial charge in [-0.3, -0.25) is 14.4 Å². The summed E-state index contributed by atoms with van der Waals surface area (Å²) in [6, 6.07) is 0. The van der Waals surface area contributed by atoms with Gasteiger partial charge >= 0.3 is 17.9 Å². The number of esters is 3. The van der Waals surface area contributed by atoms with Crippen molar-refractivity contribution < 1.29 is 28.6 Å². The molecule has 0 bridgehead atoms. The summed E-state index contributed by atoms with van der Waals surface area (Å²) in [4.78, 5) is 40.1. The summed E-state index contributed by atoms with van der Waals surface area (Å²) >= 11 is 0. The van der Waals surface area contributed by atoms with Gasteiger partial charge in [-0.05, 0) is 32.1 Å². The lowest BCUT2D eigenvalue weighted by molar-refractivity contribution is -0.187. The molecule has 6 heteroatoms. The monoisotopic (exact) mass is 510 g/mol. The second kappa shape index (κ2) is 20.5. The molecule has 1 atom stereocenters. The number of hydrogen-bond acceptors (Lipinski definition) is 6. The van der Waals surface area contributed by atoms with Gasteiger partial charge in [0, 0.05) is 0 Å². The van der Waals surface area contributed by atoms with E-state index < -0.39 is 29.2 Å². The molecule has 1 rings (SSSR count). The van der Waals surface area contributed by atoms with Crippen molar-refractivity contribution >= 4 is 17.9 Å². The molecule has 1 saturated carbocycles. The van der Waals surface area contributed by atoms with Gasteiger partial charge in [0.2, 0.25) is 0 Å². The van der Waals surface area contributed by atoms with Gasteiger partial charge < -0.3 is 14.2 Å². The van der Waals surface area contributed by atoms with Crippen LogP contribution in [0.25, 0.3) is 0 Å². The van der Waals surface area contributed by atoms with Crippen LogP contribution in [0, 0.1) is 11.3 Å². The van der Waals surface area contributed by atoms with E-state index in [0.29, 0.717) is 19.4 Å².